The Labute approximate surface area is 106 Å². The summed E-state index contributed by atoms with van der Waals surface area (Å²) in [5.74, 6) is 1.67. The quantitative estimate of drug-likeness (QED) is 0.702. The highest BCUT2D eigenvalue weighted by atomic mass is 32.2. The van der Waals surface area contributed by atoms with Crippen LogP contribution in [0.25, 0.3) is 10.9 Å². The summed E-state index contributed by atoms with van der Waals surface area (Å²) in [7, 11) is 4.04. The van der Waals surface area contributed by atoms with Crippen LogP contribution in [0.5, 0.6) is 0 Å². The fourth-order valence-electron chi connectivity index (χ4n) is 2.70. The first-order valence-electron chi connectivity index (χ1n) is 5.95. The van der Waals surface area contributed by atoms with Crippen molar-refractivity contribution in [3.05, 3.63) is 30.0 Å². The van der Waals surface area contributed by atoms with Gasteiger partial charge >= 0.3 is 0 Å². The molecule has 1 atom stereocenters. The van der Waals surface area contributed by atoms with Crippen molar-refractivity contribution in [1.29, 1.82) is 0 Å². The number of aryl methyl sites for hydroxylation is 1. The van der Waals surface area contributed by atoms with E-state index in [9.17, 15) is 0 Å². The highest BCUT2D eigenvalue weighted by Gasteiger charge is 2.25. The molecule has 2 nitrogen and oxygen atoms in total. The number of para-hydroxylation sites is 1. The molecule has 0 spiro atoms. The highest BCUT2D eigenvalue weighted by molar-refractivity contribution is 7.99. The lowest BCUT2D eigenvalue weighted by Crippen LogP contribution is -2.12. The van der Waals surface area contributed by atoms with E-state index in [1.807, 2.05) is 18.8 Å². The number of benzene rings is 1. The van der Waals surface area contributed by atoms with Crippen molar-refractivity contribution in [3.8, 4) is 0 Å². The van der Waals surface area contributed by atoms with Crippen molar-refractivity contribution >= 4 is 28.9 Å². The second-order valence-corrected chi connectivity index (χ2v) is 5.55. The second-order valence-electron chi connectivity index (χ2n) is 4.44. The molecule has 0 bridgehead atoms. The predicted molar refractivity (Wildman–Crippen MR) is 75.4 cm³/mol. The van der Waals surface area contributed by atoms with Crippen LogP contribution in [0.1, 0.15) is 18.0 Å². The van der Waals surface area contributed by atoms with Crippen LogP contribution in [0.2, 0.25) is 0 Å². The largest absolute Gasteiger partial charge is 0.346 e. The zero-order chi connectivity index (χ0) is 11.8. The lowest BCUT2D eigenvalue weighted by atomic mass is 10.0. The van der Waals surface area contributed by atoms with E-state index in [-0.39, 0.29) is 0 Å². The minimum atomic E-state index is 0.480. The molecular weight excluding hydrogens is 228 g/mol. The molecule has 0 fully saturated rings. The van der Waals surface area contributed by atoms with Gasteiger partial charge in [0.15, 0.2) is 0 Å². The molecule has 1 aliphatic rings. The van der Waals surface area contributed by atoms with Gasteiger partial charge in [-0.05, 0) is 18.2 Å². The number of aromatic nitrogens is 1. The van der Waals surface area contributed by atoms with Gasteiger partial charge in [0.2, 0.25) is 0 Å². The van der Waals surface area contributed by atoms with Crippen LogP contribution in [0.15, 0.2) is 34.2 Å². The minimum absolute atomic E-state index is 0.480. The zero-order valence-corrected chi connectivity index (χ0v) is 11.0. The monoisotopic (exact) mass is 244 g/mol. The number of thioether (sulfide) groups is 1. The molecular formula is C14H16N2S. The molecule has 2 aromatic rings. The van der Waals surface area contributed by atoms with E-state index in [0.29, 0.717) is 5.92 Å². The molecule has 0 N–H and O–H groups in total. The average molecular weight is 244 g/mol. The van der Waals surface area contributed by atoms with Crippen LogP contribution in [0, 0.1) is 0 Å². The minimum Gasteiger partial charge on any atom is -0.346 e. The Morgan fingerprint density at radius 1 is 1.41 bits per heavy atom. The lowest BCUT2D eigenvalue weighted by Gasteiger charge is -2.20. The Balaban J connectivity index is 2.29. The maximum Gasteiger partial charge on any atom is 0.0491 e. The molecule has 1 aromatic heterocycles. The zero-order valence-electron chi connectivity index (χ0n) is 10.2. The Bertz CT molecular complexity index is 583. The molecule has 0 amide bonds. The molecule has 0 radical (unpaired) electrons. The summed E-state index contributed by atoms with van der Waals surface area (Å²) >= 11 is 1.99. The van der Waals surface area contributed by atoms with Gasteiger partial charge in [0.05, 0.1) is 0 Å². The van der Waals surface area contributed by atoms with E-state index in [4.69, 9.17) is 0 Å². The maximum absolute atomic E-state index is 4.22. The Morgan fingerprint density at radius 3 is 3.06 bits per heavy atom. The molecule has 3 rings (SSSR count). The molecule has 0 saturated carbocycles. The van der Waals surface area contributed by atoms with Crippen molar-refractivity contribution in [2.75, 3.05) is 12.8 Å². The van der Waals surface area contributed by atoms with E-state index in [0.717, 1.165) is 0 Å². The van der Waals surface area contributed by atoms with E-state index in [1.54, 1.807) is 0 Å². The standard InChI is InChI=1S/C14H16N2S/c1-15-9-10-7-8-17-14-11-5-3-4-6-12(11)16(2)13(10)14/h3-6,9-10H,7-8H2,1-2H3/b15-9-. The van der Waals surface area contributed by atoms with Gasteiger partial charge in [0, 0.05) is 47.7 Å². The summed E-state index contributed by atoms with van der Waals surface area (Å²) in [4.78, 5) is 5.68. The van der Waals surface area contributed by atoms with E-state index < -0.39 is 0 Å². The van der Waals surface area contributed by atoms with Crippen molar-refractivity contribution in [2.45, 2.75) is 17.2 Å². The van der Waals surface area contributed by atoms with Crippen LogP contribution in [0.4, 0.5) is 0 Å². The maximum atomic E-state index is 4.22. The molecule has 88 valence electrons. The second kappa shape index (κ2) is 4.22. The Morgan fingerprint density at radius 2 is 2.24 bits per heavy atom. The Hall–Kier alpha value is -1.22. The fourth-order valence-corrected chi connectivity index (χ4v) is 4.04. The smallest absolute Gasteiger partial charge is 0.0491 e. The van der Waals surface area contributed by atoms with E-state index in [2.05, 4.69) is 47.1 Å². The topological polar surface area (TPSA) is 17.3 Å². The normalized spacial score (nSPS) is 20.0. The molecule has 3 heteroatoms. The third-order valence-corrected chi connectivity index (χ3v) is 4.62. The van der Waals surface area contributed by atoms with Gasteiger partial charge in [0.1, 0.15) is 0 Å². The molecule has 1 unspecified atom stereocenters. The van der Waals surface area contributed by atoms with Gasteiger partial charge in [-0.15, -0.1) is 11.8 Å². The first-order valence-corrected chi connectivity index (χ1v) is 6.94. The number of fused-ring (bicyclic) bond motifs is 3. The molecule has 2 heterocycles. The van der Waals surface area contributed by atoms with Gasteiger partial charge in [-0.25, -0.2) is 0 Å². The summed E-state index contributed by atoms with van der Waals surface area (Å²) in [6, 6.07) is 8.67. The predicted octanol–water partition coefficient (Wildman–Crippen LogP) is 3.46. The van der Waals surface area contributed by atoms with Crippen LogP contribution in [0.3, 0.4) is 0 Å². The molecule has 1 aliphatic heterocycles. The van der Waals surface area contributed by atoms with Crippen LogP contribution in [-0.4, -0.2) is 23.6 Å². The van der Waals surface area contributed by atoms with Crippen molar-refractivity contribution in [1.82, 2.24) is 4.57 Å². The van der Waals surface area contributed by atoms with Gasteiger partial charge < -0.3 is 9.56 Å². The van der Waals surface area contributed by atoms with Gasteiger partial charge in [-0.2, -0.15) is 0 Å². The molecule has 1 aromatic carbocycles. The lowest BCUT2D eigenvalue weighted by molar-refractivity contribution is 0.740. The average Bonchev–Trinajstić information content (AvgIpc) is 2.66. The summed E-state index contributed by atoms with van der Waals surface area (Å²) in [5, 5.41) is 1.39. The highest BCUT2D eigenvalue weighted by Crippen LogP contribution is 2.42. The van der Waals surface area contributed by atoms with Gasteiger partial charge in [0.25, 0.3) is 0 Å². The summed E-state index contributed by atoms with van der Waals surface area (Å²) < 4.78 is 2.34. The van der Waals surface area contributed by atoms with Crippen molar-refractivity contribution < 1.29 is 0 Å². The number of rotatable bonds is 1. The van der Waals surface area contributed by atoms with Gasteiger partial charge in [-0.1, -0.05) is 18.2 Å². The van der Waals surface area contributed by atoms with Gasteiger partial charge in [-0.3, -0.25) is 0 Å². The Kier molecular flexibility index (Phi) is 2.71. The summed E-state index contributed by atoms with van der Waals surface area (Å²) in [5.41, 5.74) is 2.77. The first-order chi connectivity index (χ1) is 8.33. The molecule has 0 saturated heterocycles. The van der Waals surface area contributed by atoms with Crippen molar-refractivity contribution in [3.63, 3.8) is 0 Å². The summed E-state index contributed by atoms with van der Waals surface area (Å²) in [6.07, 6.45) is 3.29. The van der Waals surface area contributed by atoms with E-state index >= 15 is 0 Å². The van der Waals surface area contributed by atoms with Crippen molar-refractivity contribution in [2.24, 2.45) is 12.0 Å². The molecule has 0 aliphatic carbocycles. The number of aliphatic imine (C=N–C) groups is 1. The van der Waals surface area contributed by atoms with E-state index in [1.165, 1.54) is 33.7 Å². The number of hydrogen-bond donors (Lipinski definition) is 0. The fraction of sp³-hybridized carbons (Fsp3) is 0.357. The summed E-state index contributed by atoms with van der Waals surface area (Å²) in [6.45, 7) is 0. The number of nitrogens with zero attached hydrogens (tertiary/aromatic N) is 2. The van der Waals surface area contributed by atoms with Crippen LogP contribution >= 0.6 is 11.8 Å². The van der Waals surface area contributed by atoms with Crippen LogP contribution in [-0.2, 0) is 7.05 Å². The third-order valence-electron chi connectivity index (χ3n) is 3.46. The SMILES string of the molecule is C/N=C\C1CCSc2c1n(C)c1ccccc21. The van der Waals surface area contributed by atoms with Crippen LogP contribution < -0.4 is 0 Å². The third kappa shape index (κ3) is 1.61. The molecule has 17 heavy (non-hydrogen) atoms. The first kappa shape index (κ1) is 10.9. The number of hydrogen-bond acceptors (Lipinski definition) is 2.